The van der Waals surface area contributed by atoms with Gasteiger partial charge in [0.25, 0.3) is 0 Å². The molecular formula is C36H28S4. The highest BCUT2D eigenvalue weighted by Crippen LogP contribution is 2.75. The van der Waals surface area contributed by atoms with Crippen LogP contribution in [0, 0.1) is 0 Å². The maximum Gasteiger partial charge on any atom is 0.00902 e. The lowest BCUT2D eigenvalue weighted by molar-refractivity contribution is 0.194. The topological polar surface area (TPSA) is 0 Å². The van der Waals surface area contributed by atoms with Crippen molar-refractivity contribution in [3.05, 3.63) is 160 Å². The summed E-state index contributed by atoms with van der Waals surface area (Å²) in [6, 6.07) is 37.8. The van der Waals surface area contributed by atoms with Gasteiger partial charge in [-0.05, 0) is 91.7 Å². The van der Waals surface area contributed by atoms with E-state index in [0.717, 1.165) is 0 Å². The third-order valence-corrected chi connectivity index (χ3v) is 13.9. The fourth-order valence-electron chi connectivity index (χ4n) is 8.62. The van der Waals surface area contributed by atoms with Gasteiger partial charge < -0.3 is 0 Å². The first-order chi connectivity index (χ1) is 19.9. The van der Waals surface area contributed by atoms with E-state index in [9.17, 15) is 0 Å². The van der Waals surface area contributed by atoms with Crippen LogP contribution in [0.1, 0.15) is 89.1 Å². The zero-order valence-electron chi connectivity index (χ0n) is 21.8. The van der Waals surface area contributed by atoms with Gasteiger partial charge in [-0.25, -0.2) is 0 Å². The quantitative estimate of drug-likeness (QED) is 0.192. The number of hydrogen-bond acceptors (Lipinski definition) is 4. The molecule has 0 bridgehead atoms. The highest BCUT2D eigenvalue weighted by Gasteiger charge is 2.61. The summed E-state index contributed by atoms with van der Waals surface area (Å²) in [4.78, 5) is 6.18. The second-order valence-electron chi connectivity index (χ2n) is 11.5. The smallest absolute Gasteiger partial charge is 0.00902 e. The Balaban J connectivity index is 1.31. The molecule has 2 fully saturated rings. The predicted octanol–water partition coefficient (Wildman–Crippen LogP) is 11.1. The molecule has 2 saturated carbocycles. The molecule has 0 radical (unpaired) electrons. The molecule has 0 nitrogen and oxygen atoms in total. The summed E-state index contributed by atoms with van der Waals surface area (Å²) < 4.78 is 0. The molecule has 196 valence electrons. The zero-order valence-corrected chi connectivity index (χ0v) is 25.1. The van der Waals surface area contributed by atoms with E-state index in [4.69, 9.17) is 0 Å². The fourth-order valence-corrected chi connectivity index (χ4v) is 12.3. The second kappa shape index (κ2) is 9.39. The standard InChI is InChI=1S/C36H28S4/c1-2-10-22-21(9-1)29-31(35(27-15-7-19-39-27)33(29)25-13-5-17-37-25)23-11-3-4-12-24(23)32-30(22)34(26-14-6-18-38-26)36(32)28-16-8-20-40-28/h1-20,29-36H/t29-,30+,31+,32-,33+,34-,35-,36+. The molecule has 4 aromatic heterocycles. The van der Waals surface area contributed by atoms with E-state index in [0.29, 0.717) is 47.3 Å². The Morgan fingerprint density at radius 2 is 0.525 bits per heavy atom. The molecule has 3 aliphatic carbocycles. The lowest BCUT2D eigenvalue weighted by Gasteiger charge is -2.60. The molecule has 0 spiro atoms. The monoisotopic (exact) mass is 588 g/mol. The van der Waals surface area contributed by atoms with E-state index in [1.165, 1.54) is 0 Å². The molecule has 8 atom stereocenters. The summed E-state index contributed by atoms with van der Waals surface area (Å²) in [5.41, 5.74) is 6.42. The summed E-state index contributed by atoms with van der Waals surface area (Å²) in [7, 11) is 0. The van der Waals surface area contributed by atoms with Gasteiger partial charge in [-0.3, -0.25) is 0 Å². The van der Waals surface area contributed by atoms with Crippen LogP contribution >= 0.6 is 45.3 Å². The van der Waals surface area contributed by atoms with Crippen molar-refractivity contribution in [1.82, 2.24) is 0 Å². The molecule has 3 aliphatic rings. The Hall–Kier alpha value is -2.76. The molecule has 2 aromatic carbocycles. The molecule has 40 heavy (non-hydrogen) atoms. The first-order valence-corrected chi connectivity index (χ1v) is 17.7. The van der Waals surface area contributed by atoms with Crippen LogP contribution in [0.25, 0.3) is 0 Å². The minimum atomic E-state index is 0.494. The van der Waals surface area contributed by atoms with Gasteiger partial charge in [0, 0.05) is 43.2 Å². The molecule has 6 aromatic rings. The number of hydrogen-bond donors (Lipinski definition) is 0. The third-order valence-electron chi connectivity index (χ3n) is 10.0. The second-order valence-corrected chi connectivity index (χ2v) is 15.4. The van der Waals surface area contributed by atoms with Gasteiger partial charge in [0.1, 0.15) is 0 Å². The van der Waals surface area contributed by atoms with Gasteiger partial charge in [-0.1, -0.05) is 72.8 Å². The average Bonchev–Trinajstić information content (AvgIpc) is 3.79. The normalized spacial score (nSPS) is 30.0. The Bertz CT molecular complexity index is 1480. The van der Waals surface area contributed by atoms with Crippen LogP contribution in [0.3, 0.4) is 0 Å². The van der Waals surface area contributed by atoms with Crippen molar-refractivity contribution in [3.63, 3.8) is 0 Å². The van der Waals surface area contributed by atoms with Crippen molar-refractivity contribution in [2.75, 3.05) is 0 Å². The lowest BCUT2D eigenvalue weighted by Crippen LogP contribution is -2.46. The summed E-state index contributed by atoms with van der Waals surface area (Å²) in [5.74, 6) is 4.04. The molecule has 0 saturated heterocycles. The van der Waals surface area contributed by atoms with Gasteiger partial charge in [0.2, 0.25) is 0 Å². The van der Waals surface area contributed by atoms with Crippen molar-refractivity contribution in [2.24, 2.45) is 0 Å². The van der Waals surface area contributed by atoms with Crippen molar-refractivity contribution in [3.8, 4) is 0 Å². The highest BCUT2D eigenvalue weighted by molar-refractivity contribution is 7.11. The van der Waals surface area contributed by atoms with Crippen LogP contribution in [0.15, 0.2) is 119 Å². The van der Waals surface area contributed by atoms with Crippen LogP contribution in [0.4, 0.5) is 0 Å². The van der Waals surface area contributed by atoms with Gasteiger partial charge in [-0.15, -0.1) is 45.3 Å². The van der Waals surface area contributed by atoms with E-state index in [1.807, 2.05) is 45.3 Å². The molecule has 0 aliphatic heterocycles. The van der Waals surface area contributed by atoms with E-state index >= 15 is 0 Å². The van der Waals surface area contributed by atoms with Crippen LogP contribution in [-0.2, 0) is 0 Å². The summed E-state index contributed by atoms with van der Waals surface area (Å²) in [5, 5.41) is 9.10. The lowest BCUT2D eigenvalue weighted by atomic mass is 9.44. The average molecular weight is 589 g/mol. The summed E-state index contributed by atoms with van der Waals surface area (Å²) >= 11 is 7.81. The minimum Gasteiger partial charge on any atom is -0.149 e. The maximum atomic E-state index is 2.49. The molecule has 4 heterocycles. The van der Waals surface area contributed by atoms with Crippen molar-refractivity contribution in [2.45, 2.75) is 47.3 Å². The summed E-state index contributed by atoms with van der Waals surface area (Å²) in [6.45, 7) is 0. The Kier molecular flexibility index (Phi) is 5.61. The summed E-state index contributed by atoms with van der Waals surface area (Å²) in [6.07, 6.45) is 0. The number of benzene rings is 2. The SMILES string of the molecule is c1csc([C@@H]2[C@H](c3cccs3)[C@H]3c4ccccc4[C@H]4[C@H](c5cccs5)[C@H](c5cccs5)[C@H]4c4ccccc4[C@@H]23)c1. The van der Waals surface area contributed by atoms with Gasteiger partial charge >= 0.3 is 0 Å². The Morgan fingerprint density at radius 3 is 0.725 bits per heavy atom. The molecule has 0 N–H and O–H groups in total. The van der Waals surface area contributed by atoms with E-state index in [1.54, 1.807) is 41.8 Å². The van der Waals surface area contributed by atoms with Crippen LogP contribution in [-0.4, -0.2) is 0 Å². The molecule has 0 unspecified atom stereocenters. The Labute approximate surface area is 251 Å². The van der Waals surface area contributed by atoms with E-state index < -0.39 is 0 Å². The maximum absolute atomic E-state index is 2.49. The highest BCUT2D eigenvalue weighted by atomic mass is 32.1. The first kappa shape index (κ1) is 23.9. The fraction of sp³-hybridized carbons (Fsp3) is 0.222. The molecular weight excluding hydrogens is 561 g/mol. The number of rotatable bonds is 4. The predicted molar refractivity (Wildman–Crippen MR) is 172 cm³/mol. The van der Waals surface area contributed by atoms with Gasteiger partial charge in [0.05, 0.1) is 0 Å². The largest absolute Gasteiger partial charge is 0.149 e. The van der Waals surface area contributed by atoms with Gasteiger partial charge in [-0.2, -0.15) is 0 Å². The minimum absolute atomic E-state index is 0.494. The van der Waals surface area contributed by atoms with Gasteiger partial charge in [0.15, 0.2) is 0 Å². The number of fused-ring (bicyclic) bond motifs is 8. The zero-order chi connectivity index (χ0) is 26.2. The van der Waals surface area contributed by atoms with Crippen LogP contribution in [0.2, 0.25) is 0 Å². The van der Waals surface area contributed by atoms with E-state index in [-0.39, 0.29) is 0 Å². The van der Waals surface area contributed by atoms with Crippen LogP contribution < -0.4 is 0 Å². The van der Waals surface area contributed by atoms with Crippen molar-refractivity contribution in [1.29, 1.82) is 0 Å². The van der Waals surface area contributed by atoms with Crippen LogP contribution in [0.5, 0.6) is 0 Å². The van der Waals surface area contributed by atoms with Crippen molar-refractivity contribution >= 4 is 45.3 Å². The third kappa shape index (κ3) is 3.34. The number of thiophene rings is 4. The van der Waals surface area contributed by atoms with E-state index in [2.05, 4.69) is 119 Å². The molecule has 0 amide bonds. The van der Waals surface area contributed by atoms with Crippen molar-refractivity contribution < 1.29 is 0 Å². The first-order valence-electron chi connectivity index (χ1n) is 14.2. The Morgan fingerprint density at radius 1 is 0.275 bits per heavy atom. The molecule has 9 rings (SSSR count). The molecule has 4 heteroatoms.